The summed E-state index contributed by atoms with van der Waals surface area (Å²) in [6.45, 7) is 4.23. The van der Waals surface area contributed by atoms with Crippen molar-refractivity contribution in [3.05, 3.63) is 35.9 Å². The highest BCUT2D eigenvalue weighted by Crippen LogP contribution is 2.40. The minimum Gasteiger partial charge on any atom is -0.415 e. The number of nitrogens with zero attached hydrogens (tertiary/aromatic N) is 4. The summed E-state index contributed by atoms with van der Waals surface area (Å²) in [7, 11) is -4.73. The monoisotopic (exact) mass is 605 g/mol. The van der Waals surface area contributed by atoms with Crippen LogP contribution in [0.4, 0.5) is 17.6 Å². The van der Waals surface area contributed by atoms with Gasteiger partial charge in [-0.05, 0) is 39.2 Å². The third kappa shape index (κ3) is 6.34. The summed E-state index contributed by atoms with van der Waals surface area (Å²) in [6.07, 6.45) is -6.20. The lowest BCUT2D eigenvalue weighted by Crippen LogP contribution is -2.44. The molecule has 0 saturated carbocycles. The van der Waals surface area contributed by atoms with Gasteiger partial charge in [0.05, 0.1) is 9.77 Å². The first-order chi connectivity index (χ1) is 18.6. The number of benzene rings is 1. The summed E-state index contributed by atoms with van der Waals surface area (Å²) in [5.41, 5.74) is -1.76. The topological polar surface area (TPSA) is 139 Å². The van der Waals surface area contributed by atoms with Gasteiger partial charge in [-0.3, -0.25) is 4.79 Å². The molecule has 2 aromatic heterocycles. The van der Waals surface area contributed by atoms with Crippen LogP contribution in [0.1, 0.15) is 56.4 Å². The van der Waals surface area contributed by atoms with Crippen molar-refractivity contribution in [1.29, 1.82) is 0 Å². The number of aromatic nitrogens is 3. The van der Waals surface area contributed by atoms with Crippen molar-refractivity contribution in [2.24, 2.45) is 0 Å². The van der Waals surface area contributed by atoms with Crippen molar-refractivity contribution >= 4 is 27.3 Å². The van der Waals surface area contributed by atoms with Gasteiger partial charge in [-0.25, -0.2) is 17.8 Å². The molecular weight excluding hydrogens is 578 g/mol. The maximum atomic E-state index is 13.7. The van der Waals surface area contributed by atoms with Crippen LogP contribution in [0.3, 0.4) is 0 Å². The summed E-state index contributed by atoms with van der Waals surface area (Å²) >= 11 is 0.818. The van der Waals surface area contributed by atoms with E-state index in [0.29, 0.717) is 0 Å². The smallest absolute Gasteiger partial charge is 0.404 e. The number of carbonyl (C=O) groups is 1. The van der Waals surface area contributed by atoms with Crippen LogP contribution in [0.5, 0.6) is 0 Å². The second kappa shape index (κ2) is 11.1. The first-order valence-corrected chi connectivity index (χ1v) is 14.6. The molecule has 40 heavy (non-hydrogen) atoms. The van der Waals surface area contributed by atoms with Crippen molar-refractivity contribution in [3.8, 4) is 21.3 Å². The minimum atomic E-state index is -4.83. The normalized spacial score (nSPS) is 16.4. The molecule has 0 bridgehead atoms. The van der Waals surface area contributed by atoms with Crippen LogP contribution < -0.4 is 4.72 Å². The van der Waals surface area contributed by atoms with Crippen molar-refractivity contribution in [3.63, 3.8) is 0 Å². The summed E-state index contributed by atoms with van der Waals surface area (Å²) in [6, 6.07) is 2.96. The Morgan fingerprint density at radius 1 is 1.23 bits per heavy atom. The highest BCUT2D eigenvalue weighted by Gasteiger charge is 2.42. The number of thiazole rings is 1. The number of nitrogens with one attached hydrogen (secondary N) is 1. The Bertz CT molecular complexity index is 1480. The van der Waals surface area contributed by atoms with Gasteiger partial charge in [0.1, 0.15) is 23.5 Å². The third-order valence-corrected chi connectivity index (χ3v) is 8.80. The lowest BCUT2D eigenvalue weighted by molar-refractivity contribution is -0.151. The minimum absolute atomic E-state index is 0.0172. The quantitative estimate of drug-likeness (QED) is 0.363. The molecule has 1 saturated heterocycles. The molecule has 4 rings (SSSR count). The number of alkyl halides is 4. The van der Waals surface area contributed by atoms with Gasteiger partial charge in [0, 0.05) is 18.7 Å². The van der Waals surface area contributed by atoms with Crippen LogP contribution in [0, 0.1) is 0 Å². The zero-order valence-electron chi connectivity index (χ0n) is 21.7. The molecular formula is C24H27F4N5O5S2. The molecule has 0 radical (unpaired) electrons. The van der Waals surface area contributed by atoms with E-state index >= 15 is 0 Å². The van der Waals surface area contributed by atoms with Crippen molar-refractivity contribution in [2.45, 2.75) is 68.9 Å². The lowest BCUT2D eigenvalue weighted by Gasteiger charge is -2.28. The third-order valence-electron chi connectivity index (χ3n) is 6.19. The number of piperidine rings is 1. The molecule has 1 unspecified atom stereocenters. The van der Waals surface area contributed by atoms with Gasteiger partial charge in [0.15, 0.2) is 5.01 Å². The largest absolute Gasteiger partial charge is 0.415 e. The van der Waals surface area contributed by atoms with Gasteiger partial charge in [-0.1, -0.05) is 25.1 Å². The first-order valence-electron chi connectivity index (χ1n) is 12.3. The fourth-order valence-corrected chi connectivity index (χ4v) is 6.62. The van der Waals surface area contributed by atoms with E-state index in [1.807, 2.05) is 0 Å². The molecule has 2 N–H and O–H groups in total. The molecule has 0 aliphatic carbocycles. The van der Waals surface area contributed by atoms with E-state index in [0.717, 1.165) is 17.4 Å². The molecule has 16 heteroatoms. The van der Waals surface area contributed by atoms with E-state index in [1.54, 1.807) is 4.72 Å². The zero-order chi connectivity index (χ0) is 29.5. The van der Waals surface area contributed by atoms with E-state index in [4.69, 9.17) is 4.42 Å². The molecule has 3 aromatic rings. The molecule has 1 aliphatic rings. The highest BCUT2D eigenvalue weighted by atomic mass is 32.2. The fourth-order valence-electron chi connectivity index (χ4n) is 4.02. The van der Waals surface area contributed by atoms with Gasteiger partial charge < -0.3 is 14.4 Å². The molecule has 1 amide bonds. The Morgan fingerprint density at radius 3 is 2.45 bits per heavy atom. The molecule has 1 aromatic carbocycles. The SMILES string of the molecule is CCC(NS(=O)(=O)c1ccccc1-c1sc(-c2nnc(C(C)(C)O)o2)nc1C(=O)N1CCC(F)CC1)C(F)(F)F. The van der Waals surface area contributed by atoms with Gasteiger partial charge >= 0.3 is 6.18 Å². The average molecular weight is 606 g/mol. The average Bonchev–Trinajstić information content (AvgIpc) is 3.55. The first kappa shape index (κ1) is 30.0. The second-order valence-electron chi connectivity index (χ2n) is 9.75. The second-order valence-corrected chi connectivity index (χ2v) is 12.4. The molecule has 10 nitrogen and oxygen atoms in total. The van der Waals surface area contributed by atoms with Crippen molar-refractivity contribution < 1.29 is 40.3 Å². The van der Waals surface area contributed by atoms with E-state index in [-0.39, 0.29) is 58.9 Å². The Kier molecular flexibility index (Phi) is 8.36. The van der Waals surface area contributed by atoms with Crippen LogP contribution in [0.15, 0.2) is 33.6 Å². The number of sulfonamides is 1. The van der Waals surface area contributed by atoms with Crippen LogP contribution in [0.25, 0.3) is 21.3 Å². The van der Waals surface area contributed by atoms with Gasteiger partial charge in [-0.2, -0.15) is 17.9 Å². The molecule has 218 valence electrons. The van der Waals surface area contributed by atoms with Gasteiger partial charge in [0.25, 0.3) is 11.8 Å². The summed E-state index contributed by atoms with van der Waals surface area (Å²) in [5.74, 6) is -0.915. The number of aliphatic hydroxyl groups is 1. The van der Waals surface area contributed by atoms with Crippen LogP contribution >= 0.6 is 11.3 Å². The predicted molar refractivity (Wildman–Crippen MR) is 137 cm³/mol. The number of rotatable bonds is 8. The number of likely N-dealkylation sites (tertiary alicyclic amines) is 1. The van der Waals surface area contributed by atoms with Crippen LogP contribution in [-0.4, -0.2) is 71.0 Å². The number of amides is 1. The van der Waals surface area contributed by atoms with E-state index < -0.39 is 51.2 Å². The Hall–Kier alpha value is -2.95. The standard InChI is InChI=1S/C24H27F4N5O5S2/c1-4-16(24(26,27)28)32-40(36,37)15-8-6-5-7-14(15)18-17(21(34)33-11-9-13(25)10-12-33)29-20(39-18)19-30-31-22(38-19)23(2,3)35/h5-8,13,16,32,35H,4,9-12H2,1-3H3. The van der Waals surface area contributed by atoms with E-state index in [2.05, 4.69) is 15.2 Å². The van der Waals surface area contributed by atoms with Crippen molar-refractivity contribution in [2.75, 3.05) is 13.1 Å². The predicted octanol–water partition coefficient (Wildman–Crippen LogP) is 4.28. The fraction of sp³-hybridized carbons (Fsp3) is 0.500. The Labute approximate surface area is 231 Å². The summed E-state index contributed by atoms with van der Waals surface area (Å²) < 4.78 is 87.7. The van der Waals surface area contributed by atoms with Crippen LogP contribution in [-0.2, 0) is 15.6 Å². The van der Waals surface area contributed by atoms with E-state index in [9.17, 15) is 35.9 Å². The molecule has 0 spiro atoms. The Morgan fingerprint density at radius 2 is 1.88 bits per heavy atom. The number of hydrogen-bond acceptors (Lipinski definition) is 9. The Balaban J connectivity index is 1.84. The highest BCUT2D eigenvalue weighted by molar-refractivity contribution is 7.89. The maximum absolute atomic E-state index is 13.7. The van der Waals surface area contributed by atoms with Crippen molar-refractivity contribution in [1.82, 2.24) is 24.8 Å². The van der Waals surface area contributed by atoms with E-state index in [1.165, 1.54) is 43.9 Å². The number of hydrogen-bond donors (Lipinski definition) is 2. The molecule has 3 heterocycles. The summed E-state index contributed by atoms with van der Waals surface area (Å²) in [4.78, 5) is 18.8. The van der Waals surface area contributed by atoms with Gasteiger partial charge in [-0.15, -0.1) is 21.5 Å². The number of carbonyl (C=O) groups excluding carboxylic acids is 1. The molecule has 1 atom stereocenters. The summed E-state index contributed by atoms with van der Waals surface area (Å²) in [5, 5.41) is 17.9. The number of halogens is 4. The molecule has 1 fully saturated rings. The lowest BCUT2D eigenvalue weighted by atomic mass is 10.1. The van der Waals surface area contributed by atoms with Crippen LogP contribution in [0.2, 0.25) is 0 Å². The molecule has 1 aliphatic heterocycles. The maximum Gasteiger partial charge on any atom is 0.404 e. The van der Waals surface area contributed by atoms with Gasteiger partial charge in [0.2, 0.25) is 15.9 Å². The zero-order valence-corrected chi connectivity index (χ0v) is 23.3.